The van der Waals surface area contributed by atoms with Gasteiger partial charge in [-0.05, 0) is 93.3 Å². The summed E-state index contributed by atoms with van der Waals surface area (Å²) in [7, 11) is 0. The molecule has 0 amide bonds. The lowest BCUT2D eigenvalue weighted by atomic mass is 10.00. The minimum atomic E-state index is 0.881. The molecular weight excluding hydrogens is 695 g/mol. The van der Waals surface area contributed by atoms with Gasteiger partial charge in [0.2, 0.25) is 0 Å². The highest BCUT2D eigenvalue weighted by molar-refractivity contribution is 7.28. The van der Waals surface area contributed by atoms with E-state index in [-0.39, 0.29) is 0 Å². The molecule has 0 saturated heterocycles. The van der Waals surface area contributed by atoms with Gasteiger partial charge in [0.1, 0.15) is 11.2 Å². The Morgan fingerprint density at radius 2 is 1.04 bits per heavy atom. The van der Waals surface area contributed by atoms with Crippen LogP contribution < -0.4 is 4.90 Å². The average Bonchev–Trinajstić information content (AvgIpc) is 3.92. The van der Waals surface area contributed by atoms with Crippen molar-refractivity contribution in [2.75, 3.05) is 4.90 Å². The molecule has 0 radical (unpaired) electrons. The zero-order valence-electron chi connectivity index (χ0n) is 28.9. The molecule has 0 aliphatic carbocycles. The molecule has 54 heavy (non-hydrogen) atoms. The first-order chi connectivity index (χ1) is 26.7. The largest absolute Gasteiger partial charge is 0.456 e. The summed E-state index contributed by atoms with van der Waals surface area (Å²) < 4.78 is 11.7. The van der Waals surface area contributed by atoms with E-state index >= 15 is 0 Å². The van der Waals surface area contributed by atoms with E-state index in [4.69, 9.17) is 4.42 Å². The number of anilines is 3. The number of thiophene rings is 2. The normalized spacial score (nSPS) is 12.1. The number of hydrogen-bond acceptors (Lipinski definition) is 4. The van der Waals surface area contributed by atoms with Crippen LogP contribution in [0.5, 0.6) is 0 Å². The molecule has 0 atom stereocenters. The zero-order chi connectivity index (χ0) is 35.3. The number of fused-ring (bicyclic) bond motifs is 13. The van der Waals surface area contributed by atoms with Crippen LogP contribution in [0.25, 0.3) is 95.0 Å². The molecule has 252 valence electrons. The summed E-state index contributed by atoms with van der Waals surface area (Å²) in [5, 5.41) is 12.6. The molecule has 0 spiro atoms. The van der Waals surface area contributed by atoms with Crippen LogP contribution in [0.2, 0.25) is 0 Å². The smallest absolute Gasteiger partial charge is 0.137 e. The highest BCUT2D eigenvalue weighted by Gasteiger charge is 2.22. The average molecular weight is 724 g/mol. The number of furan rings is 1. The first kappa shape index (κ1) is 30.0. The van der Waals surface area contributed by atoms with E-state index in [0.29, 0.717) is 0 Å². The summed E-state index contributed by atoms with van der Waals surface area (Å²) >= 11 is 3.79. The van der Waals surface area contributed by atoms with Gasteiger partial charge in [-0.15, -0.1) is 22.7 Å². The van der Waals surface area contributed by atoms with Crippen LogP contribution in [0.4, 0.5) is 17.1 Å². The number of hydrogen-bond donors (Lipinski definition) is 0. The van der Waals surface area contributed by atoms with Crippen LogP contribution in [-0.4, -0.2) is 0 Å². The van der Waals surface area contributed by atoms with Crippen molar-refractivity contribution in [1.29, 1.82) is 0 Å². The summed E-state index contributed by atoms with van der Waals surface area (Å²) in [6.45, 7) is 0. The number of nitrogens with zero attached hydrogens (tertiary/aromatic N) is 1. The van der Waals surface area contributed by atoms with Crippen molar-refractivity contribution in [3.05, 3.63) is 176 Å². The Kier molecular flexibility index (Phi) is 6.41. The SMILES string of the molecule is c1ccc2cc(-c3ccc(N(c4ccc5c(c4)oc4ccccc45)c4cccc5sc6ccc7sc8c9ccccc9ccc8c7c6c45)cc3)ccc2c1. The van der Waals surface area contributed by atoms with Crippen molar-refractivity contribution in [2.45, 2.75) is 0 Å². The lowest BCUT2D eigenvalue weighted by molar-refractivity contribution is 0.669. The molecule has 0 aliphatic heterocycles. The molecule has 0 fully saturated rings. The molecule has 0 unspecified atom stereocenters. The molecular formula is C50H29NOS2. The zero-order valence-corrected chi connectivity index (χ0v) is 30.5. The van der Waals surface area contributed by atoms with Crippen molar-refractivity contribution in [3.8, 4) is 11.1 Å². The van der Waals surface area contributed by atoms with E-state index in [0.717, 1.165) is 39.0 Å². The third-order valence-electron chi connectivity index (χ3n) is 11.0. The highest BCUT2D eigenvalue weighted by atomic mass is 32.1. The number of benzene rings is 9. The molecule has 0 aliphatic rings. The van der Waals surface area contributed by atoms with Crippen molar-refractivity contribution in [3.63, 3.8) is 0 Å². The first-order valence-electron chi connectivity index (χ1n) is 18.2. The summed E-state index contributed by atoms with van der Waals surface area (Å²) in [6, 6.07) is 64.1. The predicted octanol–water partition coefficient (Wildman–Crippen LogP) is 15.8. The van der Waals surface area contributed by atoms with Gasteiger partial charge in [0.25, 0.3) is 0 Å². The quantitative estimate of drug-likeness (QED) is 0.180. The van der Waals surface area contributed by atoms with E-state index in [2.05, 4.69) is 175 Å². The molecule has 12 aromatic rings. The van der Waals surface area contributed by atoms with Crippen LogP contribution in [0.1, 0.15) is 0 Å². The van der Waals surface area contributed by atoms with Crippen LogP contribution in [0.3, 0.4) is 0 Å². The third-order valence-corrected chi connectivity index (χ3v) is 13.4. The van der Waals surface area contributed by atoms with E-state index < -0.39 is 0 Å². The third kappa shape index (κ3) is 4.45. The van der Waals surface area contributed by atoms with Crippen molar-refractivity contribution in [1.82, 2.24) is 0 Å². The van der Waals surface area contributed by atoms with Gasteiger partial charge >= 0.3 is 0 Å². The van der Waals surface area contributed by atoms with E-state index in [1.807, 2.05) is 28.7 Å². The lowest BCUT2D eigenvalue weighted by Gasteiger charge is -2.27. The maximum Gasteiger partial charge on any atom is 0.137 e. The summed E-state index contributed by atoms with van der Waals surface area (Å²) in [4.78, 5) is 2.42. The van der Waals surface area contributed by atoms with Crippen LogP contribution in [0.15, 0.2) is 180 Å². The summed E-state index contributed by atoms with van der Waals surface area (Å²) in [5.41, 5.74) is 7.49. The standard InChI is InChI=1S/C50H29NOS2/c1-2-10-33-28-34(17-16-30(33)8-1)31-18-21-35(22-19-31)51(36-23-25-39-38-12-5-6-14-42(38)52-43(39)29-36)41-13-7-15-44-48(41)49-46(53-44)27-26-45-47(49)40-24-20-32-9-3-4-11-37(32)50(40)54-45/h1-29H. The molecule has 0 saturated carbocycles. The minimum absolute atomic E-state index is 0.881. The van der Waals surface area contributed by atoms with Gasteiger partial charge in [-0.1, -0.05) is 109 Å². The second-order valence-electron chi connectivity index (χ2n) is 14.1. The Morgan fingerprint density at radius 1 is 0.370 bits per heavy atom. The van der Waals surface area contributed by atoms with Crippen LogP contribution >= 0.6 is 22.7 Å². The fourth-order valence-electron chi connectivity index (χ4n) is 8.52. The van der Waals surface area contributed by atoms with Gasteiger partial charge in [-0.25, -0.2) is 0 Å². The molecule has 0 bridgehead atoms. The first-order valence-corrected chi connectivity index (χ1v) is 19.9. The van der Waals surface area contributed by atoms with Crippen molar-refractivity contribution >= 4 is 124 Å². The van der Waals surface area contributed by atoms with Gasteiger partial charge in [-0.3, -0.25) is 0 Å². The van der Waals surface area contributed by atoms with Gasteiger partial charge in [0.15, 0.2) is 0 Å². The van der Waals surface area contributed by atoms with Crippen molar-refractivity contribution < 1.29 is 4.42 Å². The Labute approximate surface area is 318 Å². The maximum absolute atomic E-state index is 6.48. The summed E-state index contributed by atoms with van der Waals surface area (Å²) in [5.74, 6) is 0. The van der Waals surface area contributed by atoms with E-state index in [1.165, 1.54) is 73.0 Å². The molecule has 9 aromatic carbocycles. The topological polar surface area (TPSA) is 16.4 Å². The van der Waals surface area contributed by atoms with Gasteiger partial charge < -0.3 is 9.32 Å². The lowest BCUT2D eigenvalue weighted by Crippen LogP contribution is -2.10. The molecule has 3 heterocycles. The van der Waals surface area contributed by atoms with E-state index in [1.54, 1.807) is 0 Å². The maximum atomic E-state index is 6.48. The predicted molar refractivity (Wildman–Crippen MR) is 235 cm³/mol. The number of rotatable bonds is 4. The Balaban J connectivity index is 1.12. The van der Waals surface area contributed by atoms with Gasteiger partial charge in [0, 0.05) is 68.6 Å². The monoisotopic (exact) mass is 723 g/mol. The minimum Gasteiger partial charge on any atom is -0.456 e. The van der Waals surface area contributed by atoms with Crippen molar-refractivity contribution in [2.24, 2.45) is 0 Å². The molecule has 12 rings (SSSR count). The number of para-hydroxylation sites is 1. The highest BCUT2D eigenvalue weighted by Crippen LogP contribution is 2.51. The fourth-order valence-corrected chi connectivity index (χ4v) is 10.9. The second-order valence-corrected chi connectivity index (χ2v) is 16.2. The molecule has 0 N–H and O–H groups in total. The fraction of sp³-hybridized carbons (Fsp3) is 0. The Morgan fingerprint density at radius 3 is 1.93 bits per heavy atom. The molecule has 3 aromatic heterocycles. The van der Waals surface area contributed by atoms with Crippen LogP contribution in [-0.2, 0) is 0 Å². The summed E-state index contributed by atoms with van der Waals surface area (Å²) in [6.07, 6.45) is 0. The Bertz CT molecular complexity index is 3460. The van der Waals surface area contributed by atoms with Crippen LogP contribution in [0, 0.1) is 0 Å². The Hall–Kier alpha value is -6.46. The second kappa shape index (κ2) is 11.5. The van der Waals surface area contributed by atoms with Gasteiger partial charge in [-0.2, -0.15) is 0 Å². The molecule has 4 heteroatoms. The van der Waals surface area contributed by atoms with E-state index in [9.17, 15) is 0 Å². The van der Waals surface area contributed by atoms with Gasteiger partial charge in [0.05, 0.1) is 5.69 Å². The molecule has 2 nitrogen and oxygen atoms in total.